The third-order valence-electron chi connectivity index (χ3n) is 18.2. The number of alkyl halides is 1. The number of rotatable bonds is 9. The molecule has 3 N–H and O–H groups in total. The van der Waals surface area contributed by atoms with Crippen LogP contribution < -0.4 is 0 Å². The van der Waals surface area contributed by atoms with Crippen molar-refractivity contribution in [2.24, 2.45) is 17.8 Å². The van der Waals surface area contributed by atoms with Crippen LogP contribution in [-0.2, 0) is 63.2 Å². The van der Waals surface area contributed by atoms with E-state index in [4.69, 9.17) is 63.4 Å². The lowest BCUT2D eigenvalue weighted by Gasteiger charge is -2.54. The number of aliphatic hydroxyl groups excluding tert-OH is 3. The summed E-state index contributed by atoms with van der Waals surface area (Å²) in [4.78, 5) is 14.2. The molecule has 0 aromatic heterocycles. The summed E-state index contributed by atoms with van der Waals surface area (Å²) in [5.74, 6) is 2.69. The summed E-state index contributed by atoms with van der Waals surface area (Å²) in [6.45, 7) is 21.7. The maximum Gasteiger partial charge on any atom is 0.308 e. The number of hydrogen-bond acceptors (Lipinski definition) is 15. The van der Waals surface area contributed by atoms with Crippen molar-refractivity contribution in [2.45, 2.75) is 291 Å². The highest BCUT2D eigenvalue weighted by Crippen LogP contribution is 2.53. The number of esters is 1. The third kappa shape index (κ3) is 16.7. The van der Waals surface area contributed by atoms with E-state index in [0.29, 0.717) is 96.7 Å². The zero-order valence-electron chi connectivity index (χ0n) is 49.3. The molecule has 2 spiro atoms. The predicted molar refractivity (Wildman–Crippen MR) is 300 cm³/mol. The van der Waals surface area contributed by atoms with Gasteiger partial charge in [-0.1, -0.05) is 71.9 Å². The number of carbonyl (C=O) groups excluding carboxylic acids is 1. The van der Waals surface area contributed by atoms with Crippen molar-refractivity contribution in [3.63, 3.8) is 0 Å². The average Bonchev–Trinajstić information content (AvgIpc) is 4.02. The Kier molecular flexibility index (Phi) is 22.7. The van der Waals surface area contributed by atoms with E-state index >= 15 is 0 Å². The van der Waals surface area contributed by atoms with Gasteiger partial charge in [-0.15, -0.1) is 23.4 Å². The minimum absolute atomic E-state index is 0.0653. The maximum absolute atomic E-state index is 14.2. The van der Waals surface area contributed by atoms with Gasteiger partial charge in [-0.2, -0.15) is 0 Å². The van der Waals surface area contributed by atoms with Crippen LogP contribution in [0.4, 0.5) is 0 Å². The van der Waals surface area contributed by atoms with E-state index in [-0.39, 0.29) is 59.6 Å². The van der Waals surface area contributed by atoms with Gasteiger partial charge in [0.15, 0.2) is 25.7 Å². The molecule has 17 heteroatoms. The molecule has 0 saturated carbocycles. The first-order chi connectivity index (χ1) is 36.8. The first-order valence-electron chi connectivity index (χ1n) is 29.6. The normalized spacial score (nSPS) is 41.0. The maximum atomic E-state index is 14.2. The summed E-state index contributed by atoms with van der Waals surface area (Å²) in [7, 11) is 0.961. The van der Waals surface area contributed by atoms with Gasteiger partial charge in [0.25, 0.3) is 0 Å². The zero-order valence-corrected chi connectivity index (χ0v) is 51.0. The quantitative estimate of drug-likeness (QED) is 0.0699. The molecule has 19 atom stereocenters. The SMILES string of the molecule is CO[C@H]1CCC#CC[C@H](C)[C@H](O)C[C@@H](O[Si](C)(C)C(C)(C)C)C[C@H](O)C[C@@H]2CCC[C@H](CC(=O)O[C@H]3C[C@@]4(O[C@H]3CCOCc3ccccc3)O[C@]3(CC[C@@H]4C)C[C@@H](OC)[C@H](Cl)[C@@H](CC[C@H](C)[C@@H]4OC(C)(C)O[C@@H]4[C@H]1O)O3)O2. The van der Waals surface area contributed by atoms with Crippen molar-refractivity contribution in [2.75, 3.05) is 20.8 Å². The topological polar surface area (TPSA) is 179 Å². The minimum Gasteiger partial charge on any atom is -0.459 e. The van der Waals surface area contributed by atoms with E-state index in [1.165, 1.54) is 0 Å². The zero-order chi connectivity index (χ0) is 56.6. The highest BCUT2D eigenvalue weighted by molar-refractivity contribution is 6.74. The smallest absolute Gasteiger partial charge is 0.308 e. The van der Waals surface area contributed by atoms with Crippen LogP contribution in [0.15, 0.2) is 30.3 Å². The Balaban J connectivity index is 1.14. The van der Waals surface area contributed by atoms with Crippen LogP contribution in [-0.4, -0.2) is 153 Å². The molecule has 0 amide bonds. The molecule has 0 radical (unpaired) electrons. The van der Waals surface area contributed by atoms with E-state index in [9.17, 15) is 20.1 Å². The average molecular weight is 1140 g/mol. The van der Waals surface area contributed by atoms with Crippen molar-refractivity contribution in [1.82, 2.24) is 0 Å². The monoisotopic (exact) mass is 1130 g/mol. The van der Waals surface area contributed by atoms with Gasteiger partial charge in [-0.05, 0) is 114 Å². The van der Waals surface area contributed by atoms with Gasteiger partial charge in [0, 0.05) is 71.4 Å². The molecular weight excluding hydrogens is 1040 g/mol. The van der Waals surface area contributed by atoms with Gasteiger partial charge >= 0.3 is 5.97 Å². The highest BCUT2D eigenvalue weighted by atomic mass is 35.5. The van der Waals surface area contributed by atoms with E-state index in [0.717, 1.165) is 24.8 Å². The number of benzene rings is 1. The molecule has 6 aliphatic heterocycles. The van der Waals surface area contributed by atoms with Gasteiger partial charge in [0.1, 0.15) is 24.4 Å². The number of ether oxygens (including phenoxy) is 10. The van der Waals surface area contributed by atoms with Gasteiger partial charge in [-0.25, -0.2) is 0 Å². The van der Waals surface area contributed by atoms with E-state index in [1.54, 1.807) is 14.2 Å². The number of hydrogen-bond donors (Lipinski definition) is 3. The van der Waals surface area contributed by atoms with Gasteiger partial charge < -0.3 is 67.1 Å². The first kappa shape index (κ1) is 63.8. The van der Waals surface area contributed by atoms with Crippen molar-refractivity contribution in [3.05, 3.63) is 35.9 Å². The molecule has 6 heterocycles. The second-order valence-electron chi connectivity index (χ2n) is 26.0. The number of carbonyl (C=O) groups is 1. The molecule has 5 fully saturated rings. The molecule has 15 nitrogen and oxygen atoms in total. The van der Waals surface area contributed by atoms with E-state index in [1.807, 2.05) is 51.1 Å². The van der Waals surface area contributed by atoms with Crippen LogP contribution in [0.1, 0.15) is 170 Å². The summed E-state index contributed by atoms with van der Waals surface area (Å²) in [5.41, 5.74) is 1.06. The molecule has 6 bridgehead atoms. The highest BCUT2D eigenvalue weighted by Gasteiger charge is 2.62. The molecule has 0 unspecified atom stereocenters. The molecule has 78 heavy (non-hydrogen) atoms. The fraction of sp³-hybridized carbons (Fsp3) is 0.852. The Morgan fingerprint density at radius 1 is 0.808 bits per heavy atom. The standard InChI is InChI=1S/C61H99ClO15Si/c1-39-20-15-13-18-25-50(67-9)55(66)57-56(74-59(7,8)75-57)40(2)26-27-49-54(62)52(68-10)36-60(72-49)30-28-41(3)61(77-60)37-51(48(73-61)29-31-69-38-42-21-16-14-17-22-42)71-53(65)35-45-24-19-23-44(70-45)32-43(63)33-46(34-47(39)64)76-78(11,12)58(4,5)6/h14,16-17,21-22,39-41,43-52,54-57,63-64,66H,18-20,23-38H2,1-12H3/t39-,40-,41-,43+,44-,45+,46-,47+,48-,49+,50-,51-,52+,54+,55-,56-,57+,60+,61+/m0/s1. The summed E-state index contributed by atoms with van der Waals surface area (Å²) in [6.07, 6.45) is 1.31. The fourth-order valence-electron chi connectivity index (χ4n) is 12.5. The van der Waals surface area contributed by atoms with Gasteiger partial charge in [-0.3, -0.25) is 4.79 Å². The second-order valence-corrected chi connectivity index (χ2v) is 31.2. The van der Waals surface area contributed by atoms with Crippen LogP contribution in [0.2, 0.25) is 18.1 Å². The number of fused-ring (bicyclic) bond motifs is 5. The fourth-order valence-corrected chi connectivity index (χ4v) is 14.2. The Bertz CT molecular complexity index is 2080. The second kappa shape index (κ2) is 27.8. The number of aliphatic hydroxyl groups is 3. The van der Waals surface area contributed by atoms with Crippen molar-refractivity contribution in [3.8, 4) is 11.8 Å². The van der Waals surface area contributed by atoms with Crippen LogP contribution in [0, 0.1) is 29.6 Å². The molecule has 1 aromatic rings. The minimum atomic E-state index is -2.31. The third-order valence-corrected chi connectivity index (χ3v) is 23.3. The Labute approximate surface area is 473 Å². The molecule has 6 aliphatic rings. The summed E-state index contributed by atoms with van der Waals surface area (Å²) in [5, 5.41) is 34.8. The van der Waals surface area contributed by atoms with E-state index < -0.39 is 86.0 Å². The lowest BCUT2D eigenvalue weighted by molar-refractivity contribution is -0.414. The molecule has 444 valence electrons. The lowest BCUT2D eigenvalue weighted by atomic mass is 9.82. The number of methoxy groups -OCH3 is 2. The summed E-state index contributed by atoms with van der Waals surface area (Å²) in [6, 6.07) is 10.0. The van der Waals surface area contributed by atoms with Crippen molar-refractivity contribution < 1.29 is 71.9 Å². The van der Waals surface area contributed by atoms with Crippen LogP contribution in [0.25, 0.3) is 0 Å². The van der Waals surface area contributed by atoms with Crippen molar-refractivity contribution >= 4 is 25.9 Å². The lowest BCUT2D eigenvalue weighted by Crippen LogP contribution is -2.61. The summed E-state index contributed by atoms with van der Waals surface area (Å²) < 4.78 is 72.7. The first-order valence-corrected chi connectivity index (χ1v) is 32.9. The Hall–Kier alpha value is -1.76. The number of halogens is 1. The van der Waals surface area contributed by atoms with Gasteiger partial charge in [0.2, 0.25) is 0 Å². The Morgan fingerprint density at radius 3 is 2.24 bits per heavy atom. The molecule has 1 aromatic carbocycles. The van der Waals surface area contributed by atoms with Crippen LogP contribution >= 0.6 is 11.6 Å². The van der Waals surface area contributed by atoms with E-state index in [2.05, 4.69) is 59.6 Å². The molecule has 7 rings (SSSR count). The van der Waals surface area contributed by atoms with Crippen LogP contribution in [0.3, 0.4) is 0 Å². The largest absolute Gasteiger partial charge is 0.459 e. The summed E-state index contributed by atoms with van der Waals surface area (Å²) >= 11 is 7.27. The predicted octanol–water partition coefficient (Wildman–Crippen LogP) is 10.3. The van der Waals surface area contributed by atoms with Crippen LogP contribution in [0.5, 0.6) is 0 Å². The van der Waals surface area contributed by atoms with Gasteiger partial charge in [0.05, 0.1) is 67.2 Å². The molecule has 5 saturated heterocycles. The Morgan fingerprint density at radius 2 is 1.53 bits per heavy atom. The van der Waals surface area contributed by atoms with Crippen molar-refractivity contribution in [1.29, 1.82) is 0 Å². The molecule has 0 aliphatic carbocycles. The molecular formula is C61H99ClO15Si.